The minimum absolute atomic E-state index is 0.0704. The Labute approximate surface area is 120 Å². The molecule has 0 radical (unpaired) electrons. The Bertz CT molecular complexity index is 440. The highest BCUT2D eigenvalue weighted by Crippen LogP contribution is 2.25. The number of nitrogens with one attached hydrogen (secondary N) is 2. The van der Waals surface area contributed by atoms with Gasteiger partial charge in [0.05, 0.1) is 6.04 Å². The quantitative estimate of drug-likeness (QED) is 0.873. The van der Waals surface area contributed by atoms with Gasteiger partial charge in [0.25, 0.3) is 0 Å². The van der Waals surface area contributed by atoms with E-state index in [0.29, 0.717) is 5.92 Å². The molecule has 110 valence electrons. The highest BCUT2D eigenvalue weighted by molar-refractivity contribution is 5.68. The summed E-state index contributed by atoms with van der Waals surface area (Å²) >= 11 is 0. The van der Waals surface area contributed by atoms with E-state index in [4.69, 9.17) is 4.74 Å². The fourth-order valence-corrected chi connectivity index (χ4v) is 2.57. The predicted octanol–water partition coefficient (Wildman–Crippen LogP) is 2.66. The van der Waals surface area contributed by atoms with E-state index in [-0.39, 0.29) is 12.1 Å². The fraction of sp³-hybridized carbons (Fsp3) is 0.562. The summed E-state index contributed by atoms with van der Waals surface area (Å²) in [6, 6.07) is 10.4. The van der Waals surface area contributed by atoms with Crippen LogP contribution in [0.2, 0.25) is 0 Å². The molecular weight excluding hydrogens is 252 g/mol. The summed E-state index contributed by atoms with van der Waals surface area (Å²) in [6.45, 7) is 7.38. The number of alkyl carbamates (subject to hydrolysis) is 1. The molecule has 2 atom stereocenters. The SMILES string of the molecule is CC(C)(C)OC(=O)N[C@@H]1CNCC[C@@H]1c1ccccc1. The number of carbonyl (C=O) groups is 1. The molecule has 0 aromatic heterocycles. The second kappa shape index (κ2) is 6.27. The summed E-state index contributed by atoms with van der Waals surface area (Å²) in [5.74, 6) is 0.338. The molecule has 1 saturated heterocycles. The van der Waals surface area contributed by atoms with E-state index in [9.17, 15) is 4.79 Å². The lowest BCUT2D eigenvalue weighted by Gasteiger charge is -2.33. The van der Waals surface area contributed by atoms with Crippen LogP contribution in [0.25, 0.3) is 0 Å². The summed E-state index contributed by atoms with van der Waals surface area (Å²) in [6.07, 6.45) is 0.678. The van der Waals surface area contributed by atoms with Crippen LogP contribution in [0.3, 0.4) is 0 Å². The van der Waals surface area contributed by atoms with E-state index in [1.54, 1.807) is 0 Å². The fourth-order valence-electron chi connectivity index (χ4n) is 2.57. The van der Waals surface area contributed by atoms with Crippen molar-refractivity contribution >= 4 is 6.09 Å². The van der Waals surface area contributed by atoms with Crippen LogP contribution >= 0.6 is 0 Å². The Morgan fingerprint density at radius 3 is 2.65 bits per heavy atom. The lowest BCUT2D eigenvalue weighted by molar-refractivity contribution is 0.0489. The average molecular weight is 276 g/mol. The van der Waals surface area contributed by atoms with Gasteiger partial charge in [-0.25, -0.2) is 4.79 Å². The van der Waals surface area contributed by atoms with E-state index in [1.807, 2.05) is 39.0 Å². The molecule has 1 aromatic rings. The predicted molar refractivity (Wildman–Crippen MR) is 79.8 cm³/mol. The van der Waals surface area contributed by atoms with Gasteiger partial charge in [-0.15, -0.1) is 0 Å². The van der Waals surface area contributed by atoms with Crippen LogP contribution in [0.1, 0.15) is 38.7 Å². The van der Waals surface area contributed by atoms with Crippen molar-refractivity contribution in [2.24, 2.45) is 0 Å². The van der Waals surface area contributed by atoms with Crippen molar-refractivity contribution in [2.45, 2.75) is 44.8 Å². The zero-order valence-electron chi connectivity index (χ0n) is 12.5. The first-order valence-corrected chi connectivity index (χ1v) is 7.21. The van der Waals surface area contributed by atoms with Crippen LogP contribution in [0.15, 0.2) is 30.3 Å². The topological polar surface area (TPSA) is 50.4 Å². The molecule has 0 aliphatic carbocycles. The molecule has 1 amide bonds. The van der Waals surface area contributed by atoms with Crippen molar-refractivity contribution in [3.05, 3.63) is 35.9 Å². The smallest absolute Gasteiger partial charge is 0.407 e. The van der Waals surface area contributed by atoms with Crippen LogP contribution < -0.4 is 10.6 Å². The molecule has 1 heterocycles. The molecule has 0 spiro atoms. The molecule has 2 N–H and O–H groups in total. The number of benzene rings is 1. The maximum atomic E-state index is 11.9. The maximum absolute atomic E-state index is 11.9. The van der Waals surface area contributed by atoms with Gasteiger partial charge in [0.1, 0.15) is 5.60 Å². The zero-order chi connectivity index (χ0) is 14.6. The first kappa shape index (κ1) is 14.9. The minimum atomic E-state index is -0.464. The van der Waals surface area contributed by atoms with E-state index < -0.39 is 5.60 Å². The van der Waals surface area contributed by atoms with E-state index >= 15 is 0 Å². The van der Waals surface area contributed by atoms with Gasteiger partial charge in [0.15, 0.2) is 0 Å². The van der Waals surface area contributed by atoms with Gasteiger partial charge < -0.3 is 15.4 Å². The highest BCUT2D eigenvalue weighted by Gasteiger charge is 2.29. The first-order valence-electron chi connectivity index (χ1n) is 7.21. The molecule has 1 fully saturated rings. The Morgan fingerprint density at radius 2 is 2.00 bits per heavy atom. The van der Waals surface area contributed by atoms with Crippen molar-refractivity contribution in [3.8, 4) is 0 Å². The number of piperidine rings is 1. The summed E-state index contributed by atoms with van der Waals surface area (Å²) < 4.78 is 5.35. The van der Waals surface area contributed by atoms with Crippen molar-refractivity contribution in [1.29, 1.82) is 0 Å². The lowest BCUT2D eigenvalue weighted by Crippen LogP contribution is -2.51. The van der Waals surface area contributed by atoms with Gasteiger partial charge in [-0.3, -0.25) is 0 Å². The van der Waals surface area contributed by atoms with Gasteiger partial charge in [0.2, 0.25) is 0 Å². The standard InChI is InChI=1S/C16H24N2O2/c1-16(2,3)20-15(19)18-14-11-17-10-9-13(14)12-7-5-4-6-8-12/h4-8,13-14,17H,9-11H2,1-3H3,(H,18,19)/t13-,14-/m1/s1. The summed E-state index contributed by atoms with van der Waals surface area (Å²) in [4.78, 5) is 11.9. The third-order valence-corrected chi connectivity index (χ3v) is 3.41. The molecular formula is C16H24N2O2. The normalized spacial score (nSPS) is 23.1. The third kappa shape index (κ3) is 4.23. The largest absolute Gasteiger partial charge is 0.444 e. The van der Waals surface area contributed by atoms with E-state index in [0.717, 1.165) is 19.5 Å². The van der Waals surface area contributed by atoms with Crippen LogP contribution in [-0.4, -0.2) is 30.8 Å². The monoisotopic (exact) mass is 276 g/mol. The molecule has 2 rings (SSSR count). The minimum Gasteiger partial charge on any atom is -0.444 e. The van der Waals surface area contributed by atoms with E-state index in [2.05, 4.69) is 22.8 Å². The number of hydrogen-bond donors (Lipinski definition) is 2. The Balaban J connectivity index is 2.03. The molecule has 4 heteroatoms. The molecule has 1 aromatic carbocycles. The maximum Gasteiger partial charge on any atom is 0.407 e. The van der Waals surface area contributed by atoms with Crippen LogP contribution in [0, 0.1) is 0 Å². The molecule has 0 unspecified atom stereocenters. The van der Waals surface area contributed by atoms with Gasteiger partial charge >= 0.3 is 6.09 Å². The molecule has 0 saturated carbocycles. The second-order valence-electron chi connectivity index (χ2n) is 6.26. The summed E-state index contributed by atoms with van der Waals surface area (Å²) in [5.41, 5.74) is 0.809. The second-order valence-corrected chi connectivity index (χ2v) is 6.26. The van der Waals surface area contributed by atoms with Gasteiger partial charge in [-0.2, -0.15) is 0 Å². The van der Waals surface area contributed by atoms with Crippen molar-refractivity contribution < 1.29 is 9.53 Å². The van der Waals surface area contributed by atoms with Crippen LogP contribution in [0.4, 0.5) is 4.79 Å². The Kier molecular flexibility index (Phi) is 4.65. The number of amides is 1. The van der Waals surface area contributed by atoms with E-state index in [1.165, 1.54) is 5.56 Å². The molecule has 20 heavy (non-hydrogen) atoms. The van der Waals surface area contributed by atoms with Crippen molar-refractivity contribution in [1.82, 2.24) is 10.6 Å². The average Bonchev–Trinajstić information content (AvgIpc) is 2.38. The number of hydrogen-bond acceptors (Lipinski definition) is 3. The van der Waals surface area contributed by atoms with Crippen LogP contribution in [0.5, 0.6) is 0 Å². The zero-order valence-corrected chi connectivity index (χ0v) is 12.5. The first-order chi connectivity index (χ1) is 9.46. The molecule has 0 bridgehead atoms. The van der Waals surface area contributed by atoms with Gasteiger partial charge in [0, 0.05) is 12.5 Å². The Hall–Kier alpha value is -1.55. The highest BCUT2D eigenvalue weighted by atomic mass is 16.6. The molecule has 4 nitrogen and oxygen atoms in total. The third-order valence-electron chi connectivity index (χ3n) is 3.41. The summed E-state index contributed by atoms with van der Waals surface area (Å²) in [5, 5.41) is 6.33. The number of rotatable bonds is 2. The summed E-state index contributed by atoms with van der Waals surface area (Å²) in [7, 11) is 0. The van der Waals surface area contributed by atoms with Crippen LogP contribution in [-0.2, 0) is 4.74 Å². The molecule has 1 aliphatic heterocycles. The van der Waals surface area contributed by atoms with Crippen molar-refractivity contribution in [3.63, 3.8) is 0 Å². The number of ether oxygens (including phenoxy) is 1. The van der Waals surface area contributed by atoms with Gasteiger partial charge in [-0.1, -0.05) is 30.3 Å². The number of carbonyl (C=O) groups excluding carboxylic acids is 1. The lowest BCUT2D eigenvalue weighted by atomic mass is 9.86. The van der Waals surface area contributed by atoms with Crippen molar-refractivity contribution in [2.75, 3.05) is 13.1 Å². The Morgan fingerprint density at radius 1 is 1.30 bits per heavy atom. The molecule has 1 aliphatic rings. The van der Waals surface area contributed by atoms with Gasteiger partial charge in [-0.05, 0) is 39.3 Å².